The molecule has 7 heteroatoms. The average molecular weight is 431 g/mol. The molecule has 2 aliphatic rings. The van der Waals surface area contributed by atoms with Crippen LogP contribution >= 0.6 is 0 Å². The molecule has 1 saturated heterocycles. The van der Waals surface area contributed by atoms with Crippen LogP contribution in [-0.2, 0) is 34.5 Å². The van der Waals surface area contributed by atoms with Gasteiger partial charge in [0.1, 0.15) is 23.4 Å². The summed E-state index contributed by atoms with van der Waals surface area (Å²) in [6.07, 6.45) is 1.94. The molecule has 164 valence electrons. The van der Waals surface area contributed by atoms with Crippen molar-refractivity contribution in [1.82, 2.24) is 15.1 Å². The number of nitrogens with one attached hydrogen (secondary N) is 1. The minimum atomic E-state index is -1.05. The maximum absolute atomic E-state index is 13.3. The van der Waals surface area contributed by atoms with Crippen molar-refractivity contribution in [3.05, 3.63) is 71.0 Å². The number of para-hydroxylation sites is 1. The lowest BCUT2D eigenvalue weighted by Gasteiger charge is -2.23. The Bertz CT molecular complexity index is 1250. The van der Waals surface area contributed by atoms with Gasteiger partial charge in [-0.1, -0.05) is 49.4 Å². The number of urea groups is 1. The number of carbonyl (C=O) groups is 3. The summed E-state index contributed by atoms with van der Waals surface area (Å²) < 4.78 is 5.93. The lowest BCUT2D eigenvalue weighted by Crippen LogP contribution is -2.44. The molecular formula is C25H25N3O4. The first-order valence-corrected chi connectivity index (χ1v) is 10.9. The van der Waals surface area contributed by atoms with E-state index in [0.717, 1.165) is 44.7 Å². The lowest BCUT2D eigenvalue weighted by molar-refractivity contribution is -0.138. The summed E-state index contributed by atoms with van der Waals surface area (Å²) in [5.41, 5.74) is 2.58. The summed E-state index contributed by atoms with van der Waals surface area (Å²) in [4.78, 5) is 41.6. The van der Waals surface area contributed by atoms with E-state index in [-0.39, 0.29) is 18.4 Å². The van der Waals surface area contributed by atoms with E-state index in [4.69, 9.17) is 4.42 Å². The number of aryl methyl sites for hydroxylation is 2. The predicted molar refractivity (Wildman–Crippen MR) is 119 cm³/mol. The molecule has 7 nitrogen and oxygen atoms in total. The molecule has 1 aliphatic heterocycles. The van der Waals surface area contributed by atoms with E-state index in [9.17, 15) is 14.4 Å². The van der Waals surface area contributed by atoms with Crippen LogP contribution in [0.4, 0.5) is 4.79 Å². The fraction of sp³-hybridized carbons (Fsp3) is 0.320. The third-order valence-corrected chi connectivity index (χ3v) is 6.64. The molecule has 1 spiro atoms. The predicted octanol–water partition coefficient (Wildman–Crippen LogP) is 3.35. The van der Waals surface area contributed by atoms with Crippen molar-refractivity contribution < 1.29 is 18.8 Å². The molecule has 4 amide bonds. The van der Waals surface area contributed by atoms with Gasteiger partial charge in [0.2, 0.25) is 5.91 Å². The second kappa shape index (κ2) is 7.51. The summed E-state index contributed by atoms with van der Waals surface area (Å²) in [5.74, 6) is 0.184. The Morgan fingerprint density at radius 3 is 2.72 bits per heavy atom. The number of benzene rings is 2. The molecule has 1 unspecified atom stereocenters. The number of furan rings is 1. The van der Waals surface area contributed by atoms with Crippen molar-refractivity contribution in [3.8, 4) is 0 Å². The SMILES string of the molecule is CCc1oc2ccccc2c1CN(C)C(=O)CN1C(=O)NC2(CCc3ccccc32)C1=O. The molecule has 3 aromatic rings. The number of amides is 4. The van der Waals surface area contributed by atoms with E-state index < -0.39 is 11.6 Å². The van der Waals surface area contributed by atoms with Gasteiger partial charge in [0, 0.05) is 31.0 Å². The highest BCUT2D eigenvalue weighted by atomic mass is 16.3. The number of nitrogens with zero attached hydrogens (tertiary/aromatic N) is 2. The second-order valence-electron chi connectivity index (χ2n) is 8.49. The molecule has 1 N–H and O–H groups in total. The summed E-state index contributed by atoms with van der Waals surface area (Å²) in [6, 6.07) is 14.9. The van der Waals surface area contributed by atoms with Crippen molar-refractivity contribution >= 4 is 28.8 Å². The molecule has 1 atom stereocenters. The Morgan fingerprint density at radius 2 is 1.91 bits per heavy atom. The molecule has 5 rings (SSSR count). The van der Waals surface area contributed by atoms with Gasteiger partial charge in [0.05, 0.1) is 0 Å². The van der Waals surface area contributed by atoms with Crippen LogP contribution in [-0.4, -0.2) is 41.2 Å². The Morgan fingerprint density at radius 1 is 1.16 bits per heavy atom. The van der Waals surface area contributed by atoms with Gasteiger partial charge in [0.15, 0.2) is 0 Å². The maximum atomic E-state index is 13.3. The van der Waals surface area contributed by atoms with Crippen molar-refractivity contribution in [2.24, 2.45) is 0 Å². The van der Waals surface area contributed by atoms with Crippen LogP contribution in [0.5, 0.6) is 0 Å². The minimum Gasteiger partial charge on any atom is -0.461 e. The highest BCUT2D eigenvalue weighted by molar-refractivity contribution is 6.09. The number of hydrogen-bond donors (Lipinski definition) is 1. The standard InChI is InChI=1S/C25H25N3O4/c1-3-20-18(17-9-5-7-11-21(17)32-20)14-27(2)22(29)15-28-23(30)25(26-24(28)31)13-12-16-8-4-6-10-19(16)25/h4-11H,3,12-15H2,1-2H3,(H,26,31). The topological polar surface area (TPSA) is 82.9 Å². The zero-order valence-corrected chi connectivity index (χ0v) is 18.2. The van der Waals surface area contributed by atoms with E-state index in [1.807, 2.05) is 55.5 Å². The van der Waals surface area contributed by atoms with Gasteiger partial charge in [0.25, 0.3) is 5.91 Å². The Balaban J connectivity index is 1.35. The summed E-state index contributed by atoms with van der Waals surface area (Å²) >= 11 is 0. The zero-order valence-electron chi connectivity index (χ0n) is 18.2. The van der Waals surface area contributed by atoms with E-state index in [2.05, 4.69) is 5.32 Å². The largest absolute Gasteiger partial charge is 0.461 e. The number of rotatable bonds is 5. The van der Waals surface area contributed by atoms with Gasteiger partial charge in [-0.3, -0.25) is 14.5 Å². The van der Waals surface area contributed by atoms with Gasteiger partial charge in [-0.15, -0.1) is 0 Å². The van der Waals surface area contributed by atoms with Crippen LogP contribution in [0.25, 0.3) is 11.0 Å². The molecule has 0 radical (unpaired) electrons. The molecule has 1 fully saturated rings. The Labute approximate surface area is 186 Å². The van der Waals surface area contributed by atoms with Gasteiger partial charge in [-0.2, -0.15) is 0 Å². The fourth-order valence-corrected chi connectivity index (χ4v) is 4.92. The van der Waals surface area contributed by atoms with Crippen molar-refractivity contribution in [1.29, 1.82) is 0 Å². The van der Waals surface area contributed by atoms with Crippen LogP contribution in [0, 0.1) is 0 Å². The highest BCUT2D eigenvalue weighted by Gasteiger charge is 2.55. The number of carbonyl (C=O) groups excluding carboxylic acids is 3. The quantitative estimate of drug-likeness (QED) is 0.628. The summed E-state index contributed by atoms with van der Waals surface area (Å²) in [5, 5.41) is 3.84. The number of hydrogen-bond acceptors (Lipinski definition) is 4. The van der Waals surface area contributed by atoms with Crippen LogP contribution in [0.1, 0.15) is 35.8 Å². The third-order valence-electron chi connectivity index (χ3n) is 6.64. The average Bonchev–Trinajstić information content (AvgIpc) is 3.43. The first kappa shape index (κ1) is 20.3. The smallest absolute Gasteiger partial charge is 0.325 e. The monoisotopic (exact) mass is 431 g/mol. The van der Waals surface area contributed by atoms with E-state index >= 15 is 0 Å². The molecule has 2 aromatic carbocycles. The van der Waals surface area contributed by atoms with Crippen molar-refractivity contribution in [3.63, 3.8) is 0 Å². The molecule has 2 heterocycles. The van der Waals surface area contributed by atoms with Gasteiger partial charge < -0.3 is 14.6 Å². The van der Waals surface area contributed by atoms with Gasteiger partial charge in [-0.05, 0) is 30.0 Å². The minimum absolute atomic E-state index is 0.289. The summed E-state index contributed by atoms with van der Waals surface area (Å²) in [7, 11) is 1.68. The number of likely N-dealkylation sites (N-methyl/N-ethyl adjacent to an activating group) is 1. The van der Waals surface area contributed by atoms with Gasteiger partial charge in [-0.25, -0.2) is 4.79 Å². The third kappa shape index (κ3) is 2.99. The van der Waals surface area contributed by atoms with Crippen LogP contribution in [0.3, 0.4) is 0 Å². The first-order chi connectivity index (χ1) is 15.4. The van der Waals surface area contributed by atoms with E-state index in [1.165, 1.54) is 0 Å². The normalized spacial score (nSPS) is 19.6. The van der Waals surface area contributed by atoms with Crippen LogP contribution in [0.15, 0.2) is 52.9 Å². The lowest BCUT2D eigenvalue weighted by atomic mass is 9.92. The Hall–Kier alpha value is -3.61. The molecular weight excluding hydrogens is 406 g/mol. The van der Waals surface area contributed by atoms with Crippen molar-refractivity contribution in [2.75, 3.05) is 13.6 Å². The summed E-state index contributed by atoms with van der Waals surface area (Å²) in [6.45, 7) is 2.06. The second-order valence-corrected chi connectivity index (χ2v) is 8.49. The first-order valence-electron chi connectivity index (χ1n) is 10.9. The van der Waals surface area contributed by atoms with Crippen molar-refractivity contribution in [2.45, 2.75) is 38.3 Å². The number of fused-ring (bicyclic) bond motifs is 3. The van der Waals surface area contributed by atoms with Gasteiger partial charge >= 0.3 is 6.03 Å². The van der Waals surface area contributed by atoms with E-state index in [0.29, 0.717) is 19.4 Å². The fourth-order valence-electron chi connectivity index (χ4n) is 4.92. The van der Waals surface area contributed by atoms with Crippen LogP contribution in [0.2, 0.25) is 0 Å². The van der Waals surface area contributed by atoms with E-state index in [1.54, 1.807) is 11.9 Å². The molecule has 32 heavy (non-hydrogen) atoms. The molecule has 0 saturated carbocycles. The highest BCUT2D eigenvalue weighted by Crippen LogP contribution is 2.41. The zero-order chi connectivity index (χ0) is 22.5. The molecule has 0 bridgehead atoms. The maximum Gasteiger partial charge on any atom is 0.325 e. The molecule has 1 aromatic heterocycles. The number of imide groups is 1. The molecule has 1 aliphatic carbocycles. The Kier molecular flexibility index (Phi) is 4.77. The van der Waals surface area contributed by atoms with Crippen LogP contribution < -0.4 is 5.32 Å².